The van der Waals surface area contributed by atoms with Crippen LogP contribution >= 0.6 is 0 Å². The molecule has 2 nitrogen and oxygen atoms in total. The summed E-state index contributed by atoms with van der Waals surface area (Å²) in [6, 6.07) is 1.58. The van der Waals surface area contributed by atoms with E-state index < -0.39 is 0 Å². The third-order valence-electron chi connectivity index (χ3n) is 6.26. The van der Waals surface area contributed by atoms with Gasteiger partial charge in [0.1, 0.15) is 0 Å². The van der Waals surface area contributed by atoms with Gasteiger partial charge in [0.15, 0.2) is 0 Å². The maximum atomic E-state index is 3.69. The molecule has 2 fully saturated rings. The standard InChI is InChI=1S/C18H36N2/c1-5-18(2,3)15-9-11-17(12-10-15)20(4)14-16-8-6-7-13-19-16/h15-17,19H,5-14H2,1-4H3. The molecular weight excluding hydrogens is 244 g/mol. The molecule has 0 bridgehead atoms. The Bertz CT molecular complexity index is 273. The van der Waals surface area contributed by atoms with E-state index in [9.17, 15) is 0 Å². The van der Waals surface area contributed by atoms with Crippen molar-refractivity contribution in [3.8, 4) is 0 Å². The lowest BCUT2D eigenvalue weighted by Crippen LogP contribution is -2.47. The van der Waals surface area contributed by atoms with E-state index in [0.717, 1.165) is 18.0 Å². The fourth-order valence-electron chi connectivity index (χ4n) is 4.16. The first kappa shape index (κ1) is 16.3. The highest BCUT2D eigenvalue weighted by molar-refractivity contribution is 4.86. The van der Waals surface area contributed by atoms with Crippen molar-refractivity contribution in [3.63, 3.8) is 0 Å². The van der Waals surface area contributed by atoms with Crippen molar-refractivity contribution in [2.24, 2.45) is 11.3 Å². The first-order chi connectivity index (χ1) is 9.53. The molecule has 1 atom stereocenters. The monoisotopic (exact) mass is 280 g/mol. The van der Waals surface area contributed by atoms with Gasteiger partial charge in [0, 0.05) is 18.6 Å². The van der Waals surface area contributed by atoms with E-state index >= 15 is 0 Å². The summed E-state index contributed by atoms with van der Waals surface area (Å²) in [4.78, 5) is 2.65. The molecule has 2 aliphatic rings. The summed E-state index contributed by atoms with van der Waals surface area (Å²) in [5.41, 5.74) is 0.550. The Morgan fingerprint density at radius 2 is 1.75 bits per heavy atom. The van der Waals surface area contributed by atoms with E-state index in [-0.39, 0.29) is 0 Å². The molecule has 1 saturated heterocycles. The van der Waals surface area contributed by atoms with E-state index in [1.165, 1.54) is 64.5 Å². The highest BCUT2D eigenvalue weighted by Crippen LogP contribution is 2.41. The smallest absolute Gasteiger partial charge is 0.0195 e. The molecule has 1 heterocycles. The van der Waals surface area contributed by atoms with Crippen LogP contribution < -0.4 is 5.32 Å². The van der Waals surface area contributed by atoms with Crippen molar-refractivity contribution >= 4 is 0 Å². The molecule has 0 spiro atoms. The van der Waals surface area contributed by atoms with E-state index in [4.69, 9.17) is 0 Å². The lowest BCUT2D eigenvalue weighted by molar-refractivity contribution is 0.0913. The number of hydrogen-bond acceptors (Lipinski definition) is 2. The van der Waals surface area contributed by atoms with Gasteiger partial charge in [0.05, 0.1) is 0 Å². The second-order valence-corrected chi connectivity index (χ2v) is 7.93. The normalized spacial score (nSPS) is 32.5. The molecule has 118 valence electrons. The van der Waals surface area contributed by atoms with Crippen LogP contribution in [0.5, 0.6) is 0 Å². The predicted octanol–water partition coefficient (Wildman–Crippen LogP) is 4.06. The summed E-state index contributed by atoms with van der Waals surface area (Å²) >= 11 is 0. The Labute approximate surface area is 126 Å². The second-order valence-electron chi connectivity index (χ2n) is 7.93. The van der Waals surface area contributed by atoms with Crippen molar-refractivity contribution < 1.29 is 0 Å². The van der Waals surface area contributed by atoms with Crippen LogP contribution in [0.4, 0.5) is 0 Å². The fraction of sp³-hybridized carbons (Fsp3) is 1.00. The van der Waals surface area contributed by atoms with Crippen LogP contribution in [0.3, 0.4) is 0 Å². The van der Waals surface area contributed by atoms with Gasteiger partial charge in [-0.3, -0.25) is 0 Å². The number of nitrogens with one attached hydrogen (secondary N) is 1. The first-order valence-corrected chi connectivity index (χ1v) is 8.96. The van der Waals surface area contributed by atoms with Gasteiger partial charge in [-0.15, -0.1) is 0 Å². The second kappa shape index (κ2) is 7.26. The number of nitrogens with zero attached hydrogens (tertiary/aromatic N) is 1. The molecule has 1 saturated carbocycles. The van der Waals surface area contributed by atoms with Crippen molar-refractivity contribution in [2.75, 3.05) is 20.1 Å². The quantitative estimate of drug-likeness (QED) is 0.817. The zero-order valence-corrected chi connectivity index (χ0v) is 14.3. The number of hydrogen-bond donors (Lipinski definition) is 1. The minimum absolute atomic E-state index is 0.550. The molecule has 0 amide bonds. The zero-order valence-electron chi connectivity index (χ0n) is 14.3. The van der Waals surface area contributed by atoms with Crippen molar-refractivity contribution in [3.05, 3.63) is 0 Å². The average Bonchev–Trinajstić information content (AvgIpc) is 2.48. The van der Waals surface area contributed by atoms with Gasteiger partial charge in [-0.1, -0.05) is 33.6 Å². The largest absolute Gasteiger partial charge is 0.313 e. The van der Waals surface area contributed by atoms with Gasteiger partial charge in [-0.25, -0.2) is 0 Å². The Morgan fingerprint density at radius 3 is 2.30 bits per heavy atom. The van der Waals surface area contributed by atoms with Crippen LogP contribution in [0, 0.1) is 11.3 Å². The molecule has 2 heteroatoms. The molecule has 0 aromatic heterocycles. The fourth-order valence-corrected chi connectivity index (χ4v) is 4.16. The van der Waals surface area contributed by atoms with Gasteiger partial charge in [0.2, 0.25) is 0 Å². The van der Waals surface area contributed by atoms with Crippen LogP contribution in [0.25, 0.3) is 0 Å². The lowest BCUT2D eigenvalue weighted by atomic mass is 9.68. The van der Waals surface area contributed by atoms with Crippen LogP contribution in [0.15, 0.2) is 0 Å². The van der Waals surface area contributed by atoms with E-state index in [2.05, 4.69) is 38.0 Å². The lowest BCUT2D eigenvalue weighted by Gasteiger charge is -2.42. The zero-order chi connectivity index (χ0) is 14.6. The number of likely N-dealkylation sites (N-methyl/N-ethyl adjacent to an activating group) is 1. The minimum Gasteiger partial charge on any atom is -0.313 e. The third kappa shape index (κ3) is 4.21. The Kier molecular flexibility index (Phi) is 5.92. The summed E-state index contributed by atoms with van der Waals surface area (Å²) < 4.78 is 0. The molecular formula is C18H36N2. The molecule has 1 aliphatic carbocycles. The number of piperidine rings is 1. The van der Waals surface area contributed by atoms with Gasteiger partial charge in [-0.2, -0.15) is 0 Å². The highest BCUT2D eigenvalue weighted by Gasteiger charge is 2.33. The van der Waals surface area contributed by atoms with E-state index in [1.807, 2.05) is 0 Å². The van der Waals surface area contributed by atoms with Gasteiger partial charge >= 0.3 is 0 Å². The highest BCUT2D eigenvalue weighted by atomic mass is 15.2. The molecule has 0 aromatic carbocycles. The van der Waals surface area contributed by atoms with E-state index in [0.29, 0.717) is 5.41 Å². The third-order valence-corrected chi connectivity index (χ3v) is 6.26. The maximum Gasteiger partial charge on any atom is 0.0195 e. The van der Waals surface area contributed by atoms with Gasteiger partial charge in [0.25, 0.3) is 0 Å². The summed E-state index contributed by atoms with van der Waals surface area (Å²) in [5.74, 6) is 0.949. The average molecular weight is 280 g/mol. The molecule has 20 heavy (non-hydrogen) atoms. The van der Waals surface area contributed by atoms with Crippen molar-refractivity contribution in [1.82, 2.24) is 10.2 Å². The Morgan fingerprint density at radius 1 is 1.05 bits per heavy atom. The van der Waals surface area contributed by atoms with Crippen LogP contribution in [-0.4, -0.2) is 37.1 Å². The Hall–Kier alpha value is -0.0800. The van der Waals surface area contributed by atoms with Crippen molar-refractivity contribution in [1.29, 1.82) is 0 Å². The summed E-state index contributed by atoms with van der Waals surface area (Å²) in [7, 11) is 2.35. The minimum atomic E-state index is 0.550. The Balaban J connectivity index is 1.75. The topological polar surface area (TPSA) is 15.3 Å². The summed E-state index contributed by atoms with van der Waals surface area (Å²) in [5, 5.41) is 3.69. The molecule has 1 aliphatic heterocycles. The first-order valence-electron chi connectivity index (χ1n) is 8.96. The molecule has 0 radical (unpaired) electrons. The maximum absolute atomic E-state index is 3.69. The van der Waals surface area contributed by atoms with Gasteiger partial charge in [-0.05, 0) is 63.5 Å². The van der Waals surface area contributed by atoms with E-state index in [1.54, 1.807) is 0 Å². The predicted molar refractivity (Wildman–Crippen MR) is 88.1 cm³/mol. The van der Waals surface area contributed by atoms with Gasteiger partial charge < -0.3 is 10.2 Å². The molecule has 1 N–H and O–H groups in total. The summed E-state index contributed by atoms with van der Waals surface area (Å²) in [6.07, 6.45) is 11.2. The summed E-state index contributed by atoms with van der Waals surface area (Å²) in [6.45, 7) is 9.77. The molecule has 0 aromatic rings. The van der Waals surface area contributed by atoms with Crippen LogP contribution in [-0.2, 0) is 0 Å². The molecule has 1 unspecified atom stereocenters. The number of rotatable bonds is 5. The SMILES string of the molecule is CCC(C)(C)C1CCC(N(C)CC2CCCCN2)CC1. The van der Waals surface area contributed by atoms with Crippen LogP contribution in [0.1, 0.15) is 72.1 Å². The van der Waals surface area contributed by atoms with Crippen molar-refractivity contribution in [2.45, 2.75) is 84.2 Å². The molecule has 2 rings (SSSR count). The van der Waals surface area contributed by atoms with Crippen LogP contribution in [0.2, 0.25) is 0 Å².